The van der Waals surface area contributed by atoms with Crippen LogP contribution in [-0.2, 0) is 16.4 Å². The molecule has 0 aromatic heterocycles. The fraction of sp³-hybridized carbons (Fsp3) is 0.350. The summed E-state index contributed by atoms with van der Waals surface area (Å²) in [6, 6.07) is 15.1. The van der Waals surface area contributed by atoms with Gasteiger partial charge in [0.2, 0.25) is 0 Å². The van der Waals surface area contributed by atoms with Crippen molar-refractivity contribution < 1.29 is 8.42 Å². The van der Waals surface area contributed by atoms with Crippen LogP contribution in [0.4, 0.5) is 0 Å². The van der Waals surface area contributed by atoms with Crippen LogP contribution in [0.5, 0.6) is 0 Å². The molecule has 1 aliphatic rings. The molecule has 0 fully saturated rings. The number of nitrogens with zero attached hydrogens (tertiary/aromatic N) is 1. The first kappa shape index (κ1) is 16.9. The second-order valence-corrected chi connectivity index (χ2v) is 8.05. The Balaban J connectivity index is 1.97. The van der Waals surface area contributed by atoms with Crippen LogP contribution < -0.4 is 0 Å². The van der Waals surface area contributed by atoms with E-state index in [9.17, 15) is 8.42 Å². The molecule has 0 spiro atoms. The molecule has 4 heteroatoms. The Bertz CT molecular complexity index is 851. The molecule has 3 rings (SSSR count). The Morgan fingerprint density at radius 2 is 1.79 bits per heavy atom. The maximum Gasteiger partial charge on any atom is 0.282 e. The molecule has 0 N–H and O–H groups in total. The molecule has 0 radical (unpaired) electrons. The Morgan fingerprint density at radius 3 is 2.50 bits per heavy atom. The standard InChI is InChI=1S/C20H23NO2S/c1-3-4-8-19-18-9-6-5-7-16(18)14-20(19)21-24(22,23)17-12-10-15(2)11-13-17/h5-7,9-13,19H,3-4,8,14H2,1-2H3/b21-20-/t19-/m1/s1. The van der Waals surface area contributed by atoms with Gasteiger partial charge in [-0.1, -0.05) is 61.7 Å². The zero-order valence-electron chi connectivity index (χ0n) is 14.2. The van der Waals surface area contributed by atoms with E-state index in [4.69, 9.17) is 0 Å². The lowest BCUT2D eigenvalue weighted by Gasteiger charge is -2.12. The second-order valence-electron chi connectivity index (χ2n) is 6.44. The van der Waals surface area contributed by atoms with Crippen LogP contribution in [-0.4, -0.2) is 14.1 Å². The smallest absolute Gasteiger partial charge is 0.199 e. The van der Waals surface area contributed by atoms with Crippen LogP contribution in [0.25, 0.3) is 0 Å². The molecule has 126 valence electrons. The second kappa shape index (κ2) is 6.89. The van der Waals surface area contributed by atoms with Gasteiger partial charge >= 0.3 is 0 Å². The third kappa shape index (κ3) is 3.44. The summed E-state index contributed by atoms with van der Waals surface area (Å²) in [5.74, 6) is 0.126. The number of fused-ring (bicyclic) bond motifs is 1. The van der Waals surface area contributed by atoms with E-state index in [-0.39, 0.29) is 10.8 Å². The number of unbranched alkanes of at least 4 members (excludes halogenated alkanes) is 1. The van der Waals surface area contributed by atoms with Crippen LogP contribution in [0.15, 0.2) is 57.8 Å². The molecule has 0 saturated heterocycles. The molecule has 1 atom stereocenters. The molecule has 3 nitrogen and oxygen atoms in total. The summed E-state index contributed by atoms with van der Waals surface area (Å²) < 4.78 is 29.6. The summed E-state index contributed by atoms with van der Waals surface area (Å²) in [7, 11) is -3.65. The third-order valence-electron chi connectivity index (χ3n) is 4.61. The van der Waals surface area contributed by atoms with Crippen LogP contribution in [0.1, 0.15) is 48.8 Å². The van der Waals surface area contributed by atoms with Gasteiger partial charge in [0, 0.05) is 18.1 Å². The average molecular weight is 341 g/mol. The van der Waals surface area contributed by atoms with Crippen LogP contribution in [0, 0.1) is 6.92 Å². The van der Waals surface area contributed by atoms with Crippen molar-refractivity contribution in [1.82, 2.24) is 0 Å². The maximum absolute atomic E-state index is 12.7. The molecule has 0 amide bonds. The predicted molar refractivity (Wildman–Crippen MR) is 98.2 cm³/mol. The van der Waals surface area contributed by atoms with Crippen molar-refractivity contribution in [3.8, 4) is 0 Å². The Labute approximate surface area is 144 Å². The normalized spacial score (nSPS) is 18.8. The largest absolute Gasteiger partial charge is 0.282 e. The van der Waals surface area contributed by atoms with Crippen molar-refractivity contribution in [2.24, 2.45) is 4.40 Å². The minimum atomic E-state index is -3.65. The first-order valence-electron chi connectivity index (χ1n) is 8.49. The molecule has 2 aromatic rings. The van der Waals surface area contributed by atoms with E-state index in [0.29, 0.717) is 6.42 Å². The number of sulfonamides is 1. The molecule has 0 bridgehead atoms. The van der Waals surface area contributed by atoms with Gasteiger partial charge in [-0.05, 0) is 36.6 Å². The summed E-state index contributed by atoms with van der Waals surface area (Å²) in [5.41, 5.74) is 4.26. The molecule has 2 aromatic carbocycles. The average Bonchev–Trinajstić information content (AvgIpc) is 2.89. The SMILES string of the molecule is CCCC[C@H]1/C(=N\S(=O)(=O)c2ccc(C)cc2)Cc2ccccc21. The number of hydrogen-bond donors (Lipinski definition) is 0. The Morgan fingerprint density at radius 1 is 1.08 bits per heavy atom. The highest BCUT2D eigenvalue weighted by Crippen LogP contribution is 2.35. The topological polar surface area (TPSA) is 46.5 Å². The van der Waals surface area contributed by atoms with Crippen molar-refractivity contribution in [2.45, 2.75) is 50.3 Å². The summed E-state index contributed by atoms with van der Waals surface area (Å²) in [4.78, 5) is 0.269. The van der Waals surface area contributed by atoms with Gasteiger partial charge in [-0.15, -0.1) is 0 Å². The number of hydrogen-bond acceptors (Lipinski definition) is 2. The van der Waals surface area contributed by atoms with Gasteiger partial charge in [0.15, 0.2) is 0 Å². The van der Waals surface area contributed by atoms with Crippen molar-refractivity contribution in [1.29, 1.82) is 0 Å². The van der Waals surface area contributed by atoms with Gasteiger partial charge in [0.05, 0.1) is 4.90 Å². The van der Waals surface area contributed by atoms with Gasteiger partial charge in [-0.3, -0.25) is 0 Å². The zero-order valence-corrected chi connectivity index (χ0v) is 15.0. The van der Waals surface area contributed by atoms with E-state index in [1.54, 1.807) is 12.1 Å². The van der Waals surface area contributed by atoms with Gasteiger partial charge in [0.25, 0.3) is 10.0 Å². The van der Waals surface area contributed by atoms with Crippen molar-refractivity contribution in [2.75, 3.05) is 0 Å². The summed E-state index contributed by atoms with van der Waals surface area (Å²) in [5, 5.41) is 0. The zero-order chi connectivity index (χ0) is 17.2. The Hall–Kier alpha value is -1.94. The van der Waals surface area contributed by atoms with Crippen molar-refractivity contribution in [3.05, 3.63) is 65.2 Å². The lowest BCUT2D eigenvalue weighted by atomic mass is 9.94. The van der Waals surface area contributed by atoms with E-state index in [0.717, 1.165) is 30.5 Å². The van der Waals surface area contributed by atoms with Crippen LogP contribution >= 0.6 is 0 Å². The molecule has 1 aliphatic carbocycles. The van der Waals surface area contributed by atoms with Crippen LogP contribution in [0.2, 0.25) is 0 Å². The number of aryl methyl sites for hydroxylation is 1. The van der Waals surface area contributed by atoms with E-state index >= 15 is 0 Å². The van der Waals surface area contributed by atoms with Crippen molar-refractivity contribution >= 4 is 15.7 Å². The third-order valence-corrected chi connectivity index (χ3v) is 5.95. The highest BCUT2D eigenvalue weighted by atomic mass is 32.2. The molecule has 0 unspecified atom stereocenters. The first-order valence-corrected chi connectivity index (χ1v) is 9.93. The quantitative estimate of drug-likeness (QED) is 0.794. The minimum absolute atomic E-state index is 0.126. The van der Waals surface area contributed by atoms with E-state index < -0.39 is 10.0 Å². The minimum Gasteiger partial charge on any atom is -0.199 e. The fourth-order valence-electron chi connectivity index (χ4n) is 3.28. The van der Waals surface area contributed by atoms with Gasteiger partial charge in [-0.25, -0.2) is 0 Å². The summed E-state index contributed by atoms with van der Waals surface area (Å²) in [6.45, 7) is 4.09. The molecule has 0 aliphatic heterocycles. The molecular weight excluding hydrogens is 318 g/mol. The molecule has 0 saturated carbocycles. The van der Waals surface area contributed by atoms with Crippen molar-refractivity contribution in [3.63, 3.8) is 0 Å². The summed E-state index contributed by atoms with van der Waals surface area (Å²) >= 11 is 0. The highest BCUT2D eigenvalue weighted by Gasteiger charge is 2.29. The highest BCUT2D eigenvalue weighted by molar-refractivity contribution is 7.90. The van der Waals surface area contributed by atoms with E-state index in [1.807, 2.05) is 31.2 Å². The van der Waals surface area contributed by atoms with Gasteiger partial charge in [0.1, 0.15) is 0 Å². The van der Waals surface area contributed by atoms with E-state index in [1.165, 1.54) is 11.1 Å². The predicted octanol–water partition coefficient (Wildman–Crippen LogP) is 4.65. The fourth-order valence-corrected chi connectivity index (χ4v) is 4.36. The van der Waals surface area contributed by atoms with Gasteiger partial charge in [-0.2, -0.15) is 12.8 Å². The summed E-state index contributed by atoms with van der Waals surface area (Å²) in [6.07, 6.45) is 3.75. The first-order chi connectivity index (χ1) is 11.5. The number of rotatable bonds is 5. The molecule has 0 heterocycles. The number of benzene rings is 2. The van der Waals surface area contributed by atoms with Gasteiger partial charge < -0.3 is 0 Å². The molecule has 24 heavy (non-hydrogen) atoms. The molecular formula is C20H23NO2S. The lowest BCUT2D eigenvalue weighted by Crippen LogP contribution is -2.11. The monoisotopic (exact) mass is 341 g/mol. The van der Waals surface area contributed by atoms with E-state index in [2.05, 4.69) is 23.5 Å². The van der Waals surface area contributed by atoms with Crippen LogP contribution in [0.3, 0.4) is 0 Å². The lowest BCUT2D eigenvalue weighted by molar-refractivity contribution is 0.597. The Kier molecular flexibility index (Phi) is 4.86. The maximum atomic E-state index is 12.7.